The molecule has 188 valence electrons. The standard InChI is InChI=1S/C26H27F3N6O/c1-17(2)24-21(16-31-35(24)23-12-11-19(15-30-23)26(27,28)29)25(36)34(3)13-7-10-20-14-22(33-32-20)18-8-5-4-6-9-18/h4-6,8-9,11-12,14-17H,7,10,13H2,1-3H3,(H,32,33). The normalized spacial score (nSPS) is 11.8. The first-order chi connectivity index (χ1) is 17.1. The van der Waals surface area contributed by atoms with Gasteiger partial charge in [0.1, 0.15) is 0 Å². The molecule has 0 unspecified atom stereocenters. The number of pyridine rings is 1. The number of rotatable bonds is 8. The molecule has 0 spiro atoms. The first-order valence-corrected chi connectivity index (χ1v) is 11.6. The van der Waals surface area contributed by atoms with Crippen molar-refractivity contribution in [2.75, 3.05) is 13.6 Å². The predicted molar refractivity (Wildman–Crippen MR) is 130 cm³/mol. The van der Waals surface area contributed by atoms with E-state index in [1.165, 1.54) is 16.9 Å². The SMILES string of the molecule is CC(C)c1c(C(=O)N(C)CCCc2cc(-c3ccccc3)n[nH]2)cnn1-c1ccc(C(F)(F)F)cn1. The number of benzene rings is 1. The third-order valence-electron chi connectivity index (χ3n) is 5.86. The summed E-state index contributed by atoms with van der Waals surface area (Å²) in [6, 6.07) is 14.1. The number of alkyl halides is 3. The fraction of sp³-hybridized carbons (Fsp3) is 0.308. The maximum absolute atomic E-state index is 13.2. The van der Waals surface area contributed by atoms with Crippen LogP contribution in [0, 0.1) is 0 Å². The van der Waals surface area contributed by atoms with E-state index < -0.39 is 11.7 Å². The van der Waals surface area contributed by atoms with E-state index in [9.17, 15) is 18.0 Å². The van der Waals surface area contributed by atoms with E-state index in [1.807, 2.05) is 50.2 Å². The molecule has 1 amide bonds. The van der Waals surface area contributed by atoms with Crippen LogP contribution in [-0.2, 0) is 12.6 Å². The molecule has 3 aromatic heterocycles. The van der Waals surface area contributed by atoms with Gasteiger partial charge in [0.25, 0.3) is 5.91 Å². The quantitative estimate of drug-likeness (QED) is 0.349. The van der Waals surface area contributed by atoms with Crippen LogP contribution in [0.1, 0.15) is 53.5 Å². The summed E-state index contributed by atoms with van der Waals surface area (Å²) < 4.78 is 40.1. The Morgan fingerprint density at radius 2 is 1.86 bits per heavy atom. The highest BCUT2D eigenvalue weighted by atomic mass is 19.4. The number of nitrogens with zero attached hydrogens (tertiary/aromatic N) is 5. The van der Waals surface area contributed by atoms with Crippen LogP contribution in [0.15, 0.2) is 60.9 Å². The van der Waals surface area contributed by atoms with Crippen molar-refractivity contribution in [3.8, 4) is 17.1 Å². The zero-order valence-corrected chi connectivity index (χ0v) is 20.3. The van der Waals surface area contributed by atoms with E-state index in [4.69, 9.17) is 0 Å². The molecule has 0 saturated heterocycles. The number of aromatic nitrogens is 5. The summed E-state index contributed by atoms with van der Waals surface area (Å²) in [6.07, 6.45) is -0.797. The summed E-state index contributed by atoms with van der Waals surface area (Å²) in [7, 11) is 1.72. The summed E-state index contributed by atoms with van der Waals surface area (Å²) in [5.41, 5.74) is 3.06. The number of amides is 1. The van der Waals surface area contributed by atoms with Crippen LogP contribution >= 0.6 is 0 Å². The Balaban J connectivity index is 1.43. The lowest BCUT2D eigenvalue weighted by Gasteiger charge is -2.18. The van der Waals surface area contributed by atoms with Crippen LogP contribution < -0.4 is 0 Å². The molecule has 10 heteroatoms. The monoisotopic (exact) mass is 496 g/mol. The summed E-state index contributed by atoms with van der Waals surface area (Å²) in [4.78, 5) is 18.8. The first-order valence-electron chi connectivity index (χ1n) is 11.6. The largest absolute Gasteiger partial charge is 0.417 e. The zero-order chi connectivity index (χ0) is 25.9. The number of aryl methyl sites for hydroxylation is 1. The molecule has 4 rings (SSSR count). The minimum absolute atomic E-state index is 0.106. The zero-order valence-electron chi connectivity index (χ0n) is 20.3. The average Bonchev–Trinajstić information content (AvgIpc) is 3.51. The van der Waals surface area contributed by atoms with E-state index in [1.54, 1.807) is 11.9 Å². The maximum Gasteiger partial charge on any atom is 0.417 e. The average molecular weight is 497 g/mol. The van der Waals surface area contributed by atoms with Gasteiger partial charge in [0.2, 0.25) is 0 Å². The van der Waals surface area contributed by atoms with Gasteiger partial charge in [-0.25, -0.2) is 9.67 Å². The summed E-state index contributed by atoms with van der Waals surface area (Å²) in [5, 5.41) is 11.7. The van der Waals surface area contributed by atoms with Gasteiger partial charge < -0.3 is 4.90 Å². The van der Waals surface area contributed by atoms with Gasteiger partial charge in [0.05, 0.1) is 28.7 Å². The molecule has 7 nitrogen and oxygen atoms in total. The van der Waals surface area contributed by atoms with Crippen molar-refractivity contribution in [2.45, 2.75) is 38.8 Å². The van der Waals surface area contributed by atoms with E-state index in [0.29, 0.717) is 17.8 Å². The molecule has 0 fully saturated rings. The number of halogens is 3. The Hall–Kier alpha value is -3.95. The van der Waals surface area contributed by atoms with Gasteiger partial charge in [-0.15, -0.1) is 0 Å². The van der Waals surface area contributed by atoms with Crippen molar-refractivity contribution < 1.29 is 18.0 Å². The minimum Gasteiger partial charge on any atom is -0.342 e. The summed E-state index contributed by atoms with van der Waals surface area (Å²) in [5.74, 6) is -0.0846. The maximum atomic E-state index is 13.2. The van der Waals surface area contributed by atoms with Crippen molar-refractivity contribution in [1.29, 1.82) is 0 Å². The Kier molecular flexibility index (Phi) is 7.23. The molecular formula is C26H27F3N6O. The third kappa shape index (κ3) is 5.48. The number of carbonyl (C=O) groups excluding carboxylic acids is 1. The lowest BCUT2D eigenvalue weighted by Crippen LogP contribution is -2.29. The van der Waals surface area contributed by atoms with Crippen molar-refractivity contribution in [1.82, 2.24) is 29.9 Å². The number of carbonyl (C=O) groups is 1. The molecule has 0 atom stereocenters. The van der Waals surface area contributed by atoms with E-state index >= 15 is 0 Å². The van der Waals surface area contributed by atoms with Crippen molar-refractivity contribution in [3.05, 3.63) is 83.4 Å². The van der Waals surface area contributed by atoms with Crippen LogP contribution in [0.5, 0.6) is 0 Å². The minimum atomic E-state index is -4.47. The molecule has 4 aromatic rings. The van der Waals surface area contributed by atoms with Crippen LogP contribution in [-0.4, -0.2) is 49.4 Å². The highest BCUT2D eigenvalue weighted by molar-refractivity contribution is 5.95. The van der Waals surface area contributed by atoms with Crippen LogP contribution in [0.25, 0.3) is 17.1 Å². The fourth-order valence-corrected chi connectivity index (χ4v) is 4.00. The Morgan fingerprint density at radius 3 is 2.50 bits per heavy atom. The van der Waals surface area contributed by atoms with E-state index in [0.717, 1.165) is 42.1 Å². The Bertz CT molecular complexity index is 1310. The molecule has 0 aliphatic carbocycles. The Labute approximate surface area is 207 Å². The molecule has 1 N–H and O–H groups in total. The molecule has 36 heavy (non-hydrogen) atoms. The number of aromatic amines is 1. The third-order valence-corrected chi connectivity index (χ3v) is 5.86. The Morgan fingerprint density at radius 1 is 1.11 bits per heavy atom. The smallest absolute Gasteiger partial charge is 0.342 e. The molecule has 0 saturated carbocycles. The topological polar surface area (TPSA) is 79.7 Å². The van der Waals surface area contributed by atoms with Crippen LogP contribution in [0.3, 0.4) is 0 Å². The molecule has 3 heterocycles. The molecule has 0 aliphatic heterocycles. The number of nitrogens with one attached hydrogen (secondary N) is 1. The summed E-state index contributed by atoms with van der Waals surface area (Å²) in [6.45, 7) is 4.31. The lowest BCUT2D eigenvalue weighted by atomic mass is 10.0. The molecule has 1 aromatic carbocycles. The molecular weight excluding hydrogens is 469 g/mol. The first kappa shape index (κ1) is 25.2. The summed E-state index contributed by atoms with van der Waals surface area (Å²) >= 11 is 0. The molecule has 0 bridgehead atoms. The van der Waals surface area contributed by atoms with E-state index in [2.05, 4.69) is 20.3 Å². The second-order valence-electron chi connectivity index (χ2n) is 8.89. The van der Waals surface area contributed by atoms with Crippen LogP contribution in [0.4, 0.5) is 13.2 Å². The second-order valence-corrected chi connectivity index (χ2v) is 8.89. The predicted octanol–water partition coefficient (Wildman–Crippen LogP) is 5.50. The van der Waals surface area contributed by atoms with Gasteiger partial charge in [0, 0.05) is 31.0 Å². The number of hydrogen-bond acceptors (Lipinski definition) is 4. The van der Waals surface area contributed by atoms with Gasteiger partial charge in [-0.2, -0.15) is 23.4 Å². The van der Waals surface area contributed by atoms with Crippen molar-refractivity contribution in [3.63, 3.8) is 0 Å². The van der Waals surface area contributed by atoms with Crippen molar-refractivity contribution >= 4 is 5.91 Å². The van der Waals surface area contributed by atoms with Gasteiger partial charge in [-0.05, 0) is 37.0 Å². The van der Waals surface area contributed by atoms with Gasteiger partial charge in [-0.3, -0.25) is 9.89 Å². The molecule has 0 radical (unpaired) electrons. The fourth-order valence-electron chi connectivity index (χ4n) is 4.00. The van der Waals surface area contributed by atoms with Gasteiger partial charge >= 0.3 is 6.18 Å². The van der Waals surface area contributed by atoms with Gasteiger partial charge in [0.15, 0.2) is 5.82 Å². The van der Waals surface area contributed by atoms with Crippen LogP contribution in [0.2, 0.25) is 0 Å². The highest BCUT2D eigenvalue weighted by Crippen LogP contribution is 2.29. The highest BCUT2D eigenvalue weighted by Gasteiger charge is 2.31. The molecule has 0 aliphatic rings. The second kappa shape index (κ2) is 10.3. The van der Waals surface area contributed by atoms with Crippen molar-refractivity contribution in [2.24, 2.45) is 0 Å². The lowest BCUT2D eigenvalue weighted by molar-refractivity contribution is -0.137. The number of hydrogen-bond donors (Lipinski definition) is 1. The van der Waals surface area contributed by atoms with Gasteiger partial charge in [-0.1, -0.05) is 44.2 Å². The number of H-pyrrole nitrogens is 1. The van der Waals surface area contributed by atoms with E-state index in [-0.39, 0.29) is 17.6 Å².